The lowest BCUT2D eigenvalue weighted by atomic mass is 10.0. The van der Waals surface area contributed by atoms with Gasteiger partial charge in [-0.2, -0.15) is 4.72 Å². The maximum absolute atomic E-state index is 12.9. The average Bonchev–Trinajstić information content (AvgIpc) is 2.65. The van der Waals surface area contributed by atoms with Gasteiger partial charge in [0.2, 0.25) is 15.9 Å². The van der Waals surface area contributed by atoms with Crippen molar-refractivity contribution >= 4 is 15.9 Å². The molecule has 0 aliphatic carbocycles. The van der Waals surface area contributed by atoms with E-state index in [9.17, 15) is 13.2 Å². The molecule has 0 radical (unpaired) electrons. The van der Waals surface area contributed by atoms with Gasteiger partial charge in [-0.05, 0) is 37.3 Å². The molecule has 1 aromatic rings. The molecule has 7 nitrogen and oxygen atoms in total. The fourth-order valence-corrected chi connectivity index (χ4v) is 4.50. The van der Waals surface area contributed by atoms with Crippen LogP contribution in [0.2, 0.25) is 0 Å². The zero-order valence-corrected chi connectivity index (χ0v) is 16.6. The summed E-state index contributed by atoms with van der Waals surface area (Å²) in [5, 5.41) is 0. The number of likely N-dealkylation sites (tertiary alicyclic amines) is 1. The largest absolute Gasteiger partial charge is 0.497 e. The Morgan fingerprint density at radius 1 is 1.12 bits per heavy atom. The van der Waals surface area contributed by atoms with Gasteiger partial charge < -0.3 is 14.4 Å². The monoisotopic (exact) mass is 384 g/mol. The fraction of sp³-hybridized carbons (Fsp3) is 0.611. The van der Waals surface area contributed by atoms with Gasteiger partial charge in [0.05, 0.1) is 14.2 Å². The maximum atomic E-state index is 12.9. The number of hydrogen-bond acceptors (Lipinski definition) is 5. The van der Waals surface area contributed by atoms with Crippen LogP contribution in [0, 0.1) is 5.92 Å². The first-order chi connectivity index (χ1) is 12.3. The normalized spacial score (nSPS) is 16.4. The standard InChI is InChI=1S/C18H28N2O5S/c1-13(2)17(18(21)20-10-6-5-7-11-20)19-26(22,23)16-9-8-14(24-3)12-15(16)25-4/h8-9,12-13,17,19H,5-7,10-11H2,1-4H3/t17-/m1/s1. The number of rotatable bonds is 7. The molecule has 0 bridgehead atoms. The maximum Gasteiger partial charge on any atom is 0.244 e. The number of amides is 1. The first kappa shape index (κ1) is 20.5. The molecule has 1 atom stereocenters. The van der Waals surface area contributed by atoms with Crippen molar-refractivity contribution in [1.82, 2.24) is 9.62 Å². The summed E-state index contributed by atoms with van der Waals surface area (Å²) < 4.78 is 38.7. The topological polar surface area (TPSA) is 84.9 Å². The summed E-state index contributed by atoms with van der Waals surface area (Å²) in [6, 6.07) is 3.66. The Balaban J connectivity index is 2.28. The number of carbonyl (C=O) groups is 1. The van der Waals surface area contributed by atoms with Gasteiger partial charge in [-0.15, -0.1) is 0 Å². The molecular weight excluding hydrogens is 356 g/mol. The van der Waals surface area contributed by atoms with Crippen LogP contribution < -0.4 is 14.2 Å². The molecule has 1 aliphatic rings. The van der Waals surface area contributed by atoms with Crippen molar-refractivity contribution in [3.8, 4) is 11.5 Å². The summed E-state index contributed by atoms with van der Waals surface area (Å²) >= 11 is 0. The molecule has 1 aliphatic heterocycles. The van der Waals surface area contributed by atoms with E-state index in [0.29, 0.717) is 18.8 Å². The van der Waals surface area contributed by atoms with Crippen LogP contribution in [0.15, 0.2) is 23.1 Å². The molecule has 2 rings (SSSR count). The highest BCUT2D eigenvalue weighted by atomic mass is 32.2. The number of benzene rings is 1. The molecule has 1 fully saturated rings. The second-order valence-electron chi connectivity index (χ2n) is 6.75. The molecule has 1 aromatic carbocycles. The van der Waals surface area contributed by atoms with Crippen molar-refractivity contribution < 1.29 is 22.7 Å². The van der Waals surface area contributed by atoms with Gasteiger partial charge in [-0.3, -0.25) is 4.79 Å². The number of nitrogens with zero attached hydrogens (tertiary/aromatic N) is 1. The highest BCUT2D eigenvalue weighted by molar-refractivity contribution is 7.89. The SMILES string of the molecule is COc1ccc(S(=O)(=O)N[C@@H](C(=O)N2CCCCC2)C(C)C)c(OC)c1. The number of ether oxygens (including phenoxy) is 2. The third-order valence-corrected chi connectivity index (χ3v) is 6.02. The number of carbonyl (C=O) groups excluding carboxylic acids is 1. The van der Waals surface area contributed by atoms with Gasteiger partial charge in [-0.25, -0.2) is 8.42 Å². The highest BCUT2D eigenvalue weighted by Gasteiger charge is 2.33. The molecule has 0 unspecified atom stereocenters. The third kappa shape index (κ3) is 4.67. The Labute approximate surface area is 155 Å². The lowest BCUT2D eigenvalue weighted by Crippen LogP contribution is -2.52. The lowest BCUT2D eigenvalue weighted by Gasteiger charge is -2.32. The number of piperidine rings is 1. The van der Waals surface area contributed by atoms with Crippen LogP contribution >= 0.6 is 0 Å². The summed E-state index contributed by atoms with van der Waals surface area (Å²) in [5.41, 5.74) is 0. The van der Waals surface area contributed by atoms with Crippen molar-refractivity contribution in [2.75, 3.05) is 27.3 Å². The Morgan fingerprint density at radius 3 is 2.31 bits per heavy atom. The molecule has 8 heteroatoms. The Kier molecular flexibility index (Phi) is 6.88. The second kappa shape index (κ2) is 8.73. The summed E-state index contributed by atoms with van der Waals surface area (Å²) in [6.07, 6.45) is 3.01. The molecule has 1 N–H and O–H groups in total. The average molecular weight is 384 g/mol. The zero-order valence-electron chi connectivity index (χ0n) is 15.8. The second-order valence-corrected chi connectivity index (χ2v) is 8.43. The minimum atomic E-state index is -3.93. The number of methoxy groups -OCH3 is 2. The Bertz CT molecular complexity index is 727. The van der Waals surface area contributed by atoms with Crippen LogP contribution in [0.3, 0.4) is 0 Å². The summed E-state index contributed by atoms with van der Waals surface area (Å²) in [6.45, 7) is 5.02. The van der Waals surface area contributed by atoms with E-state index in [4.69, 9.17) is 9.47 Å². The predicted octanol–water partition coefficient (Wildman–Crippen LogP) is 2.02. The van der Waals surface area contributed by atoms with E-state index in [-0.39, 0.29) is 22.5 Å². The molecule has 0 aromatic heterocycles. The quantitative estimate of drug-likeness (QED) is 0.777. The number of hydrogen-bond donors (Lipinski definition) is 1. The fourth-order valence-electron chi connectivity index (χ4n) is 3.01. The van der Waals surface area contributed by atoms with Gasteiger partial charge in [0, 0.05) is 19.2 Å². The van der Waals surface area contributed by atoms with Gasteiger partial charge >= 0.3 is 0 Å². The molecule has 1 saturated heterocycles. The van der Waals surface area contributed by atoms with E-state index >= 15 is 0 Å². The first-order valence-electron chi connectivity index (χ1n) is 8.83. The van der Waals surface area contributed by atoms with Crippen LogP contribution in [-0.4, -0.2) is 52.6 Å². The molecule has 1 amide bonds. The van der Waals surface area contributed by atoms with Crippen molar-refractivity contribution in [1.29, 1.82) is 0 Å². The number of sulfonamides is 1. The molecular formula is C18H28N2O5S. The van der Waals surface area contributed by atoms with Crippen molar-refractivity contribution in [3.05, 3.63) is 18.2 Å². The van der Waals surface area contributed by atoms with Crippen molar-refractivity contribution in [3.63, 3.8) is 0 Å². The minimum absolute atomic E-state index is 0.0158. The van der Waals surface area contributed by atoms with Gasteiger partial charge in [0.1, 0.15) is 22.4 Å². The van der Waals surface area contributed by atoms with Gasteiger partial charge in [0.25, 0.3) is 0 Å². The molecule has 0 spiro atoms. The van der Waals surface area contributed by atoms with Crippen LogP contribution in [-0.2, 0) is 14.8 Å². The van der Waals surface area contributed by atoms with Crippen LogP contribution in [0.25, 0.3) is 0 Å². The van der Waals surface area contributed by atoms with Crippen molar-refractivity contribution in [2.45, 2.75) is 44.0 Å². The van der Waals surface area contributed by atoms with E-state index in [0.717, 1.165) is 19.3 Å². The Hall–Kier alpha value is -1.80. The third-order valence-electron chi connectivity index (χ3n) is 4.54. The van der Waals surface area contributed by atoms with Crippen LogP contribution in [0.4, 0.5) is 0 Å². The van der Waals surface area contributed by atoms with Crippen LogP contribution in [0.1, 0.15) is 33.1 Å². The van der Waals surface area contributed by atoms with E-state index in [2.05, 4.69) is 4.72 Å². The minimum Gasteiger partial charge on any atom is -0.497 e. The van der Waals surface area contributed by atoms with Crippen LogP contribution in [0.5, 0.6) is 11.5 Å². The number of nitrogens with one attached hydrogen (secondary N) is 1. The van der Waals surface area contributed by atoms with Crippen molar-refractivity contribution in [2.24, 2.45) is 5.92 Å². The smallest absolute Gasteiger partial charge is 0.244 e. The summed E-state index contributed by atoms with van der Waals surface area (Å²) in [5.74, 6) is 0.314. The molecule has 1 heterocycles. The predicted molar refractivity (Wildman–Crippen MR) is 98.9 cm³/mol. The lowest BCUT2D eigenvalue weighted by molar-refractivity contribution is -0.134. The van der Waals surface area contributed by atoms with Gasteiger partial charge in [0.15, 0.2) is 0 Å². The van der Waals surface area contributed by atoms with E-state index < -0.39 is 16.1 Å². The van der Waals surface area contributed by atoms with E-state index in [1.165, 1.54) is 26.4 Å². The Morgan fingerprint density at radius 2 is 1.77 bits per heavy atom. The van der Waals surface area contributed by atoms with E-state index in [1.807, 2.05) is 13.8 Å². The van der Waals surface area contributed by atoms with Gasteiger partial charge in [-0.1, -0.05) is 13.8 Å². The molecule has 146 valence electrons. The highest BCUT2D eigenvalue weighted by Crippen LogP contribution is 2.29. The molecule has 0 saturated carbocycles. The first-order valence-corrected chi connectivity index (χ1v) is 10.3. The zero-order chi connectivity index (χ0) is 19.3. The summed E-state index contributed by atoms with van der Waals surface area (Å²) in [4.78, 5) is 14.6. The molecule has 26 heavy (non-hydrogen) atoms. The van der Waals surface area contributed by atoms with E-state index in [1.54, 1.807) is 11.0 Å². The summed E-state index contributed by atoms with van der Waals surface area (Å²) in [7, 11) is -1.05.